The van der Waals surface area contributed by atoms with Crippen molar-refractivity contribution in [1.82, 2.24) is 19.5 Å². The van der Waals surface area contributed by atoms with E-state index in [1.165, 1.54) is 36.7 Å². The van der Waals surface area contributed by atoms with Crippen LogP contribution in [0.3, 0.4) is 0 Å². The molecule has 1 saturated carbocycles. The van der Waals surface area contributed by atoms with Gasteiger partial charge in [-0.3, -0.25) is 4.57 Å². The van der Waals surface area contributed by atoms with Crippen molar-refractivity contribution in [3.05, 3.63) is 60.1 Å². The monoisotopic (exact) mass is 547 g/mol. The first-order chi connectivity index (χ1) is 18.5. The van der Waals surface area contributed by atoms with E-state index < -0.39 is 47.2 Å². The number of fused-ring (bicyclic) bond motifs is 2. The summed E-state index contributed by atoms with van der Waals surface area (Å²) in [5.41, 5.74) is 3.60. The molecule has 8 nitrogen and oxygen atoms in total. The van der Waals surface area contributed by atoms with Gasteiger partial charge in [0.1, 0.15) is 36.0 Å². The molecule has 2 N–H and O–H groups in total. The summed E-state index contributed by atoms with van der Waals surface area (Å²) in [5.74, 6) is -1.84. The molecule has 39 heavy (non-hydrogen) atoms. The van der Waals surface area contributed by atoms with Crippen LogP contribution in [0, 0.1) is 5.82 Å². The maximum atomic E-state index is 15.3. The number of ether oxygens (including phenoxy) is 3. The van der Waals surface area contributed by atoms with Gasteiger partial charge >= 0.3 is 6.18 Å². The molecule has 12 heteroatoms. The Bertz CT molecular complexity index is 1420. The Labute approximate surface area is 222 Å². The molecule has 2 aliphatic heterocycles. The van der Waals surface area contributed by atoms with Gasteiger partial charge in [-0.25, -0.2) is 19.3 Å². The van der Waals surface area contributed by atoms with Crippen LogP contribution in [0.5, 0.6) is 0 Å². The van der Waals surface area contributed by atoms with Gasteiger partial charge in [-0.15, -0.1) is 0 Å². The van der Waals surface area contributed by atoms with E-state index in [9.17, 15) is 4.39 Å². The number of halogens is 4. The largest absolute Gasteiger partial charge is 0.440 e. The Hall–Kier alpha value is -2.93. The third-order valence-electron chi connectivity index (χ3n) is 8.08. The Balaban J connectivity index is 1.50. The summed E-state index contributed by atoms with van der Waals surface area (Å²) in [6, 6.07) is 5.94. The third kappa shape index (κ3) is 3.99. The predicted octanol–water partition coefficient (Wildman–Crippen LogP) is 4.58. The van der Waals surface area contributed by atoms with Crippen LogP contribution in [-0.2, 0) is 25.4 Å². The molecule has 1 aliphatic carbocycles. The van der Waals surface area contributed by atoms with Crippen molar-refractivity contribution >= 4 is 17.2 Å². The number of imidazole rings is 1. The van der Waals surface area contributed by atoms with E-state index in [0.29, 0.717) is 12.2 Å². The number of hydrogen-bond acceptors (Lipinski definition) is 7. The molecule has 4 atom stereocenters. The zero-order valence-corrected chi connectivity index (χ0v) is 21.5. The van der Waals surface area contributed by atoms with E-state index in [2.05, 4.69) is 15.0 Å². The lowest BCUT2D eigenvalue weighted by atomic mass is 9.82. The van der Waals surface area contributed by atoms with Gasteiger partial charge in [-0.05, 0) is 32.8 Å². The molecule has 1 aromatic carbocycles. The summed E-state index contributed by atoms with van der Waals surface area (Å²) in [5, 5.41) is 0. The van der Waals surface area contributed by atoms with Crippen LogP contribution in [0.25, 0.3) is 17.2 Å². The molecule has 208 valence electrons. The van der Waals surface area contributed by atoms with Crippen molar-refractivity contribution in [3.8, 4) is 0 Å². The van der Waals surface area contributed by atoms with Gasteiger partial charge in [0.05, 0.1) is 12.0 Å². The Morgan fingerprint density at radius 2 is 1.82 bits per heavy atom. The number of nitrogens with zero attached hydrogens (tertiary/aromatic N) is 4. The maximum Gasteiger partial charge on any atom is 0.440 e. The molecule has 0 unspecified atom stereocenters. The molecule has 4 heterocycles. The standard InChI is InChI=1S/C27H29F4N5O3/c1-24(2)38-20-18(10-9-16-7-3-4-8-17(16)28)37-26(22(20)39-24,27(29,30)31)36-15-35-19-21(33-14-34-23(19)36)25(13-32)11-5-6-12-25/h3-4,7-10,14-15,18,20,22H,5-6,11-13,32H2,1-2H3/t18-,20-,22-,26-/m1/s1. The first-order valence-electron chi connectivity index (χ1n) is 12.9. The van der Waals surface area contributed by atoms with Crippen LogP contribution in [0.2, 0.25) is 0 Å². The smallest absolute Gasteiger partial charge is 0.341 e. The van der Waals surface area contributed by atoms with Crippen LogP contribution in [0.4, 0.5) is 17.6 Å². The highest BCUT2D eigenvalue weighted by Crippen LogP contribution is 2.55. The fraction of sp³-hybridized carbons (Fsp3) is 0.519. The third-order valence-corrected chi connectivity index (χ3v) is 8.08. The topological polar surface area (TPSA) is 97.3 Å². The van der Waals surface area contributed by atoms with Crippen molar-refractivity contribution in [2.75, 3.05) is 6.54 Å². The molecule has 0 amide bonds. The molecule has 6 rings (SSSR count). The number of benzene rings is 1. The fourth-order valence-corrected chi connectivity index (χ4v) is 6.25. The first-order valence-corrected chi connectivity index (χ1v) is 12.9. The summed E-state index contributed by atoms with van der Waals surface area (Å²) >= 11 is 0. The van der Waals surface area contributed by atoms with E-state index >= 15 is 13.2 Å². The Morgan fingerprint density at radius 3 is 2.51 bits per heavy atom. The summed E-state index contributed by atoms with van der Waals surface area (Å²) in [7, 11) is 0. The van der Waals surface area contributed by atoms with Crippen LogP contribution in [-0.4, -0.2) is 56.3 Å². The normalized spacial score (nSPS) is 30.0. The minimum Gasteiger partial charge on any atom is -0.341 e. The second kappa shape index (κ2) is 9.05. The van der Waals surface area contributed by atoms with Gasteiger partial charge in [-0.1, -0.05) is 43.2 Å². The Kier molecular flexibility index (Phi) is 6.10. The van der Waals surface area contributed by atoms with Gasteiger partial charge < -0.3 is 19.9 Å². The van der Waals surface area contributed by atoms with Crippen molar-refractivity contribution in [2.45, 2.75) is 80.9 Å². The second-order valence-electron chi connectivity index (χ2n) is 10.9. The molecule has 0 bridgehead atoms. The summed E-state index contributed by atoms with van der Waals surface area (Å²) < 4.78 is 78.7. The van der Waals surface area contributed by atoms with Gasteiger partial charge in [-0.2, -0.15) is 13.2 Å². The number of rotatable bonds is 5. The van der Waals surface area contributed by atoms with E-state index in [4.69, 9.17) is 19.9 Å². The summed E-state index contributed by atoms with van der Waals surface area (Å²) in [4.78, 5) is 13.0. The second-order valence-corrected chi connectivity index (χ2v) is 10.9. The van der Waals surface area contributed by atoms with E-state index in [1.807, 2.05) is 0 Å². The van der Waals surface area contributed by atoms with E-state index in [-0.39, 0.29) is 16.7 Å². The Morgan fingerprint density at radius 1 is 1.08 bits per heavy atom. The molecule has 2 aromatic heterocycles. The number of hydrogen-bond donors (Lipinski definition) is 1. The summed E-state index contributed by atoms with van der Waals surface area (Å²) in [6.45, 7) is 3.38. The average Bonchev–Trinajstić information content (AvgIpc) is 3.65. The molecule has 0 radical (unpaired) electrons. The van der Waals surface area contributed by atoms with Crippen LogP contribution in [0.1, 0.15) is 50.8 Å². The highest BCUT2D eigenvalue weighted by atomic mass is 19.4. The van der Waals surface area contributed by atoms with E-state index in [1.54, 1.807) is 19.9 Å². The van der Waals surface area contributed by atoms with Gasteiger partial charge in [0.25, 0.3) is 5.72 Å². The molecule has 0 spiro atoms. The van der Waals surface area contributed by atoms with Crippen LogP contribution < -0.4 is 5.73 Å². The lowest BCUT2D eigenvalue weighted by Gasteiger charge is -2.37. The van der Waals surface area contributed by atoms with Crippen molar-refractivity contribution < 1.29 is 31.8 Å². The predicted molar refractivity (Wildman–Crippen MR) is 133 cm³/mol. The molecule has 3 aromatic rings. The van der Waals surface area contributed by atoms with Crippen LogP contribution in [0.15, 0.2) is 43.0 Å². The summed E-state index contributed by atoms with van der Waals surface area (Å²) in [6.07, 6.45) is -0.451. The minimum atomic E-state index is -4.97. The lowest BCUT2D eigenvalue weighted by Crippen LogP contribution is -2.56. The fourth-order valence-electron chi connectivity index (χ4n) is 6.25. The van der Waals surface area contributed by atoms with E-state index in [0.717, 1.165) is 36.6 Å². The maximum absolute atomic E-state index is 15.3. The zero-order chi connectivity index (χ0) is 27.6. The van der Waals surface area contributed by atoms with Crippen LogP contribution >= 0.6 is 0 Å². The van der Waals surface area contributed by atoms with Gasteiger partial charge in [0.2, 0.25) is 0 Å². The SMILES string of the molecule is CC1(C)O[C@H]2[C@@H](O1)[C@](n1cnc3c(C4(CN)CCCC4)ncnc31)(C(F)(F)F)O[C@@H]2C=Cc1ccccc1F. The number of nitrogens with two attached hydrogens (primary N) is 1. The van der Waals surface area contributed by atoms with Crippen molar-refractivity contribution in [2.24, 2.45) is 5.73 Å². The quantitative estimate of drug-likeness (QED) is 0.467. The minimum absolute atomic E-state index is 0.0390. The molecular formula is C27H29F4N5O3. The number of alkyl halides is 3. The first kappa shape index (κ1) is 26.3. The van der Waals surface area contributed by atoms with Gasteiger partial charge in [0, 0.05) is 17.5 Å². The lowest BCUT2D eigenvalue weighted by molar-refractivity contribution is -0.342. The highest BCUT2D eigenvalue weighted by Gasteiger charge is 2.75. The molecule has 2 saturated heterocycles. The molecule has 3 aliphatic rings. The molecular weight excluding hydrogens is 518 g/mol. The zero-order valence-electron chi connectivity index (χ0n) is 21.5. The highest BCUT2D eigenvalue weighted by molar-refractivity contribution is 5.75. The molecule has 3 fully saturated rings. The van der Waals surface area contributed by atoms with Crippen molar-refractivity contribution in [1.29, 1.82) is 0 Å². The van der Waals surface area contributed by atoms with Gasteiger partial charge in [0.15, 0.2) is 11.4 Å². The number of aromatic nitrogens is 4. The van der Waals surface area contributed by atoms with Crippen molar-refractivity contribution in [3.63, 3.8) is 0 Å². The average molecular weight is 548 g/mol.